The van der Waals surface area contributed by atoms with Crippen LogP contribution in [0.2, 0.25) is 4.34 Å². The average molecular weight is 355 g/mol. The van der Waals surface area contributed by atoms with Gasteiger partial charge in [0.2, 0.25) is 6.10 Å². The van der Waals surface area contributed by atoms with Crippen molar-refractivity contribution in [2.24, 2.45) is 5.16 Å². The number of rotatable bonds is 4. The molecule has 2 aromatic rings. The van der Waals surface area contributed by atoms with Gasteiger partial charge in [-0.25, -0.2) is 0 Å². The molecule has 0 aliphatic carbocycles. The van der Waals surface area contributed by atoms with Crippen molar-refractivity contribution >= 4 is 45.9 Å². The summed E-state index contributed by atoms with van der Waals surface area (Å²) in [5.74, 6) is -0.0470. The molecule has 0 saturated carbocycles. The highest BCUT2D eigenvalue weighted by atomic mass is 35.5. The number of oxime groups is 1. The molecular formula is C15H15ClN2O2S2. The van der Waals surface area contributed by atoms with Gasteiger partial charge in [0.1, 0.15) is 5.71 Å². The molecule has 1 amide bonds. The Morgan fingerprint density at radius 2 is 2.32 bits per heavy atom. The van der Waals surface area contributed by atoms with Crippen LogP contribution in [0.15, 0.2) is 28.7 Å². The van der Waals surface area contributed by atoms with Gasteiger partial charge in [-0.1, -0.05) is 16.8 Å². The van der Waals surface area contributed by atoms with Crippen LogP contribution in [0.4, 0.5) is 0 Å². The van der Waals surface area contributed by atoms with Crippen LogP contribution in [-0.4, -0.2) is 29.7 Å². The zero-order chi connectivity index (χ0) is 15.7. The second-order valence-electron chi connectivity index (χ2n) is 5.16. The Balaban J connectivity index is 1.61. The third-order valence-corrected chi connectivity index (χ3v) is 5.82. The number of thiophene rings is 2. The molecule has 116 valence electrons. The lowest BCUT2D eigenvalue weighted by Gasteiger charge is -2.19. The molecule has 7 heteroatoms. The van der Waals surface area contributed by atoms with E-state index >= 15 is 0 Å². The second-order valence-corrected chi connectivity index (χ2v) is 7.88. The van der Waals surface area contributed by atoms with E-state index in [-0.39, 0.29) is 5.91 Å². The number of likely N-dealkylation sites (N-methyl/N-ethyl adjacent to an activating group) is 1. The van der Waals surface area contributed by atoms with Crippen LogP contribution in [-0.2, 0) is 16.2 Å². The Hall–Kier alpha value is -1.37. The number of halogens is 1. The number of nitrogens with zero attached hydrogens (tertiary/aromatic N) is 2. The lowest BCUT2D eigenvalue weighted by molar-refractivity contribution is -0.141. The number of amides is 1. The number of hydrogen-bond acceptors (Lipinski definition) is 5. The fourth-order valence-electron chi connectivity index (χ4n) is 2.23. The molecule has 0 radical (unpaired) electrons. The number of carbonyl (C=O) groups is 1. The first-order valence-electron chi connectivity index (χ1n) is 6.81. The van der Waals surface area contributed by atoms with Crippen molar-refractivity contribution in [1.82, 2.24) is 4.90 Å². The highest BCUT2D eigenvalue weighted by Gasteiger charge is 2.31. The van der Waals surface area contributed by atoms with E-state index in [0.717, 1.165) is 10.6 Å². The van der Waals surface area contributed by atoms with Gasteiger partial charge >= 0.3 is 0 Å². The minimum absolute atomic E-state index is 0.0470. The maximum atomic E-state index is 12.5. The second kappa shape index (κ2) is 6.40. The summed E-state index contributed by atoms with van der Waals surface area (Å²) >= 11 is 9.04. The highest BCUT2D eigenvalue weighted by molar-refractivity contribution is 7.18. The van der Waals surface area contributed by atoms with Crippen molar-refractivity contribution in [3.05, 3.63) is 43.2 Å². The molecule has 3 heterocycles. The molecule has 0 bridgehead atoms. The summed E-state index contributed by atoms with van der Waals surface area (Å²) in [5.41, 5.74) is 2.00. The van der Waals surface area contributed by atoms with Crippen LogP contribution in [0.5, 0.6) is 0 Å². The van der Waals surface area contributed by atoms with Crippen LogP contribution < -0.4 is 0 Å². The molecule has 0 N–H and O–H groups in total. The Morgan fingerprint density at radius 3 is 2.95 bits per heavy atom. The van der Waals surface area contributed by atoms with Crippen molar-refractivity contribution in [3.63, 3.8) is 0 Å². The highest BCUT2D eigenvalue weighted by Crippen LogP contribution is 2.27. The van der Waals surface area contributed by atoms with Crippen molar-refractivity contribution in [2.75, 3.05) is 7.05 Å². The van der Waals surface area contributed by atoms with E-state index < -0.39 is 6.10 Å². The molecule has 0 aromatic carbocycles. The van der Waals surface area contributed by atoms with Gasteiger partial charge in [0.15, 0.2) is 0 Å². The van der Waals surface area contributed by atoms with Crippen molar-refractivity contribution in [2.45, 2.75) is 26.0 Å². The Bertz CT molecular complexity index is 723. The van der Waals surface area contributed by atoms with Gasteiger partial charge in [-0.3, -0.25) is 4.79 Å². The molecule has 1 atom stereocenters. The van der Waals surface area contributed by atoms with Gasteiger partial charge in [-0.15, -0.1) is 22.7 Å². The fourth-order valence-corrected chi connectivity index (χ4v) is 4.22. The summed E-state index contributed by atoms with van der Waals surface area (Å²) < 4.78 is 0.706. The Morgan fingerprint density at radius 1 is 1.50 bits per heavy atom. The van der Waals surface area contributed by atoms with Gasteiger partial charge < -0.3 is 9.74 Å². The zero-order valence-electron chi connectivity index (χ0n) is 12.2. The maximum Gasteiger partial charge on any atom is 0.266 e. The maximum absolute atomic E-state index is 12.5. The summed E-state index contributed by atoms with van der Waals surface area (Å²) in [6, 6.07) is 5.79. The normalized spacial score (nSPS) is 17.2. The molecule has 4 nitrogen and oxygen atoms in total. The van der Waals surface area contributed by atoms with E-state index in [2.05, 4.69) is 18.1 Å². The standard InChI is InChI=1S/C15H15ClN2O2S2/c1-9-5-6-21-13(9)8-18(2)15(19)11-7-10(17-20-11)12-3-4-14(16)22-12/h3-6,11H,7-8H2,1-2H3. The summed E-state index contributed by atoms with van der Waals surface area (Å²) in [4.78, 5) is 21.6. The minimum Gasteiger partial charge on any atom is -0.382 e. The first-order chi connectivity index (χ1) is 10.5. The van der Waals surface area contributed by atoms with E-state index in [1.165, 1.54) is 21.8 Å². The Labute approximate surface area is 142 Å². The van der Waals surface area contributed by atoms with Crippen LogP contribution in [0.3, 0.4) is 0 Å². The van der Waals surface area contributed by atoms with E-state index in [1.807, 2.05) is 17.5 Å². The monoisotopic (exact) mass is 354 g/mol. The average Bonchev–Trinajstić information content (AvgIpc) is 3.20. The molecule has 2 aromatic heterocycles. The molecule has 0 fully saturated rings. The smallest absolute Gasteiger partial charge is 0.266 e. The van der Waals surface area contributed by atoms with Gasteiger partial charge in [0, 0.05) is 18.3 Å². The first kappa shape index (κ1) is 15.5. The summed E-state index contributed by atoms with van der Waals surface area (Å²) in [6.07, 6.45) is -0.0511. The van der Waals surface area contributed by atoms with Gasteiger partial charge in [-0.05, 0) is 36.1 Å². The quantitative estimate of drug-likeness (QED) is 0.835. The van der Waals surface area contributed by atoms with Crippen LogP contribution >= 0.6 is 34.3 Å². The largest absolute Gasteiger partial charge is 0.382 e. The third-order valence-electron chi connectivity index (χ3n) is 3.53. The molecule has 1 aliphatic heterocycles. The summed E-state index contributed by atoms with van der Waals surface area (Å²) in [5, 5.41) is 6.08. The zero-order valence-corrected chi connectivity index (χ0v) is 14.6. The van der Waals surface area contributed by atoms with Crippen molar-refractivity contribution in [3.8, 4) is 0 Å². The lowest BCUT2D eigenvalue weighted by Crippen LogP contribution is -2.36. The first-order valence-corrected chi connectivity index (χ1v) is 8.88. The molecule has 0 saturated heterocycles. The molecule has 0 spiro atoms. The summed E-state index contributed by atoms with van der Waals surface area (Å²) in [6.45, 7) is 2.65. The fraction of sp³-hybridized carbons (Fsp3) is 0.333. The van der Waals surface area contributed by atoms with Gasteiger partial charge in [-0.2, -0.15) is 0 Å². The van der Waals surface area contributed by atoms with Gasteiger partial charge in [0.05, 0.1) is 15.8 Å². The Kier molecular flexibility index (Phi) is 4.52. The third kappa shape index (κ3) is 3.19. The van der Waals surface area contributed by atoms with E-state index in [1.54, 1.807) is 23.3 Å². The van der Waals surface area contributed by atoms with E-state index in [9.17, 15) is 4.79 Å². The van der Waals surface area contributed by atoms with Gasteiger partial charge in [0.25, 0.3) is 5.91 Å². The predicted molar refractivity (Wildman–Crippen MR) is 90.9 cm³/mol. The van der Waals surface area contributed by atoms with E-state index in [0.29, 0.717) is 17.3 Å². The number of hydrogen-bond donors (Lipinski definition) is 0. The SMILES string of the molecule is Cc1ccsc1CN(C)C(=O)C1CC(c2ccc(Cl)s2)=NO1. The topological polar surface area (TPSA) is 41.9 Å². The van der Waals surface area contributed by atoms with E-state index in [4.69, 9.17) is 16.4 Å². The van der Waals surface area contributed by atoms with Crippen LogP contribution in [0, 0.1) is 6.92 Å². The van der Waals surface area contributed by atoms with Crippen molar-refractivity contribution < 1.29 is 9.63 Å². The number of carbonyl (C=O) groups excluding carboxylic acids is 1. The minimum atomic E-state index is -0.541. The number of aryl methyl sites for hydroxylation is 1. The van der Waals surface area contributed by atoms with Crippen LogP contribution in [0.1, 0.15) is 21.7 Å². The summed E-state index contributed by atoms with van der Waals surface area (Å²) in [7, 11) is 1.80. The lowest BCUT2D eigenvalue weighted by atomic mass is 10.1. The molecule has 1 unspecified atom stereocenters. The predicted octanol–water partition coefficient (Wildman–Crippen LogP) is 3.92. The molecule has 1 aliphatic rings. The molecular weight excluding hydrogens is 340 g/mol. The molecule has 22 heavy (non-hydrogen) atoms. The van der Waals surface area contributed by atoms with Crippen LogP contribution in [0.25, 0.3) is 0 Å². The van der Waals surface area contributed by atoms with Crippen molar-refractivity contribution in [1.29, 1.82) is 0 Å². The molecule has 3 rings (SSSR count).